The van der Waals surface area contributed by atoms with Crippen molar-refractivity contribution in [1.82, 2.24) is 36.8 Å². The van der Waals surface area contributed by atoms with Crippen molar-refractivity contribution in [2.75, 3.05) is 39.3 Å². The Morgan fingerprint density at radius 2 is 0.638 bits per heavy atom. The van der Waals surface area contributed by atoms with Crippen LogP contribution in [-0.2, 0) is 14.4 Å². The summed E-state index contributed by atoms with van der Waals surface area (Å²) in [6, 6.07) is -1.10. The highest BCUT2D eigenvalue weighted by molar-refractivity contribution is 5.99. The molecule has 0 bridgehead atoms. The number of benzene rings is 3. The number of rotatable bonds is 18. The molecule has 58 heavy (non-hydrogen) atoms. The molecule has 3 atom stereocenters. The van der Waals surface area contributed by atoms with Gasteiger partial charge in [-0.2, -0.15) is 0 Å². The van der Waals surface area contributed by atoms with Crippen LogP contribution in [0, 0.1) is 52.4 Å². The van der Waals surface area contributed by atoms with Gasteiger partial charge in [-0.15, -0.1) is 0 Å². The summed E-state index contributed by atoms with van der Waals surface area (Å²) in [5.41, 5.74) is -1.78. The largest absolute Gasteiger partial charge is 0.353 e. The van der Waals surface area contributed by atoms with E-state index in [9.17, 15) is 68.3 Å². The molecule has 0 aliphatic rings. The van der Waals surface area contributed by atoms with Gasteiger partial charge in [-0.25, -0.2) is 39.5 Å². The average Bonchev–Trinajstić information content (AvgIpc) is 3.16. The fraction of sp³-hybridized carbons (Fsp3) is 0.333. The summed E-state index contributed by atoms with van der Waals surface area (Å²) in [5, 5.41) is 14.1. The van der Waals surface area contributed by atoms with Crippen LogP contribution in [0.25, 0.3) is 0 Å². The quantitative estimate of drug-likeness (QED) is 0.0842. The van der Waals surface area contributed by atoms with Gasteiger partial charge in [0.1, 0.15) is 18.1 Å². The Balaban J connectivity index is 1.57. The number of carbonyl (C=O) groups excluding carboxylic acids is 6. The van der Waals surface area contributed by atoms with Crippen LogP contribution in [0.2, 0.25) is 0 Å². The smallest absolute Gasteiger partial charge is 0.252 e. The van der Waals surface area contributed by atoms with Gasteiger partial charge in [-0.1, -0.05) is 0 Å². The second-order valence-electron chi connectivity index (χ2n) is 12.6. The van der Waals surface area contributed by atoms with E-state index >= 15 is 0 Å². The molecule has 3 rings (SSSR count). The van der Waals surface area contributed by atoms with Crippen molar-refractivity contribution in [2.45, 2.75) is 38.9 Å². The lowest BCUT2D eigenvalue weighted by atomic mass is 10.1. The molecule has 0 aliphatic heterocycles. The Labute approximate surface area is 324 Å². The summed E-state index contributed by atoms with van der Waals surface area (Å²) in [6.45, 7) is 3.46. The fourth-order valence-corrected chi connectivity index (χ4v) is 4.90. The third-order valence-electron chi connectivity index (χ3n) is 8.14. The fourth-order valence-electron chi connectivity index (χ4n) is 4.90. The minimum absolute atomic E-state index is 0.0223. The van der Waals surface area contributed by atoms with Crippen LogP contribution in [0.5, 0.6) is 0 Å². The lowest BCUT2D eigenvalue weighted by Gasteiger charge is -2.24. The number of hydrogen-bond donors (Lipinski definition) is 6. The highest BCUT2D eigenvalue weighted by Gasteiger charge is 2.23. The van der Waals surface area contributed by atoms with E-state index in [1.807, 2.05) is 0 Å². The molecular formula is C36H36F9N7O6. The number of nitrogens with one attached hydrogen (secondary N) is 6. The maximum atomic E-state index is 13.6. The number of amides is 6. The van der Waals surface area contributed by atoms with E-state index in [4.69, 9.17) is 0 Å². The maximum Gasteiger partial charge on any atom is 0.252 e. The van der Waals surface area contributed by atoms with Crippen molar-refractivity contribution in [3.63, 3.8) is 0 Å². The third kappa shape index (κ3) is 12.9. The molecule has 13 nitrogen and oxygen atoms in total. The highest BCUT2D eigenvalue weighted by Crippen LogP contribution is 2.16. The molecule has 3 aromatic carbocycles. The van der Waals surface area contributed by atoms with E-state index in [1.165, 1.54) is 20.8 Å². The Hall–Kier alpha value is -6.19. The zero-order valence-corrected chi connectivity index (χ0v) is 30.7. The second-order valence-corrected chi connectivity index (χ2v) is 12.6. The lowest BCUT2D eigenvalue weighted by Crippen LogP contribution is -2.50. The standard InChI is InChI=1S/C36H36F9N7O6/c1-16(49-34(56)19-10-22(37)28(43)23(38)11-19)31(53)46-4-7-52(8-5-47-32(54)17(2)50-35(57)20-12-24(39)29(44)25(40)13-20)9-6-48-33(55)18(3)51-36(58)21-14-26(41)30(45)27(42)15-21/h10-18H,4-9H2,1-3H3,(H,46,53)(H,47,54)(H,48,55)(H,49,56)(H,50,57)(H,51,58)/t16-,17-,18-/m0/s1. The van der Waals surface area contributed by atoms with Gasteiger partial charge < -0.3 is 31.9 Å². The molecule has 0 spiro atoms. The van der Waals surface area contributed by atoms with E-state index in [2.05, 4.69) is 31.9 Å². The summed E-state index contributed by atoms with van der Waals surface area (Å²) < 4.78 is 121. The van der Waals surface area contributed by atoms with Gasteiger partial charge in [-0.3, -0.25) is 33.7 Å². The second kappa shape index (κ2) is 20.8. The summed E-state index contributed by atoms with van der Waals surface area (Å²) in [4.78, 5) is 76.8. The lowest BCUT2D eigenvalue weighted by molar-refractivity contribution is -0.123. The zero-order chi connectivity index (χ0) is 43.4. The molecule has 0 radical (unpaired) electrons. The van der Waals surface area contributed by atoms with Crippen LogP contribution in [0.4, 0.5) is 39.5 Å². The molecule has 22 heteroatoms. The highest BCUT2D eigenvalue weighted by atomic mass is 19.2. The first-order valence-corrected chi connectivity index (χ1v) is 17.1. The van der Waals surface area contributed by atoms with Crippen LogP contribution in [0.1, 0.15) is 51.8 Å². The van der Waals surface area contributed by atoms with Crippen LogP contribution >= 0.6 is 0 Å². The number of halogens is 9. The Kier molecular flexibility index (Phi) is 16.6. The number of carbonyl (C=O) groups is 6. The molecule has 0 saturated heterocycles. The molecule has 0 aliphatic carbocycles. The van der Waals surface area contributed by atoms with Crippen molar-refractivity contribution >= 4 is 35.4 Å². The maximum absolute atomic E-state index is 13.6. The van der Waals surface area contributed by atoms with Gasteiger partial charge in [0.05, 0.1) is 0 Å². The summed E-state index contributed by atoms with van der Waals surface area (Å²) in [7, 11) is 0. The first-order valence-electron chi connectivity index (χ1n) is 17.1. The van der Waals surface area contributed by atoms with E-state index < -0.39 is 123 Å². The number of hydrogen-bond acceptors (Lipinski definition) is 7. The van der Waals surface area contributed by atoms with Gasteiger partial charge in [0.15, 0.2) is 52.4 Å². The topological polar surface area (TPSA) is 178 Å². The average molecular weight is 834 g/mol. The molecule has 3 aromatic rings. The summed E-state index contributed by atoms with van der Waals surface area (Å²) >= 11 is 0. The minimum atomic E-state index is -1.79. The molecular weight excluding hydrogens is 797 g/mol. The Morgan fingerprint density at radius 1 is 0.431 bits per heavy atom. The summed E-state index contributed by atoms with van der Waals surface area (Å²) in [6.07, 6.45) is 0. The first kappa shape index (κ1) is 46.2. The third-order valence-corrected chi connectivity index (χ3v) is 8.14. The molecule has 6 amide bonds. The molecule has 0 aromatic heterocycles. The van der Waals surface area contributed by atoms with E-state index in [-0.39, 0.29) is 39.3 Å². The summed E-state index contributed by atoms with van der Waals surface area (Å²) in [5.74, 6) is -20.6. The number of nitrogens with zero attached hydrogens (tertiary/aromatic N) is 1. The van der Waals surface area contributed by atoms with Crippen molar-refractivity contribution in [1.29, 1.82) is 0 Å². The van der Waals surface area contributed by atoms with Crippen LogP contribution < -0.4 is 31.9 Å². The molecule has 0 unspecified atom stereocenters. The Bertz CT molecular complexity index is 1760. The van der Waals surface area contributed by atoms with Crippen LogP contribution in [-0.4, -0.2) is 97.7 Å². The van der Waals surface area contributed by atoms with Crippen molar-refractivity contribution < 1.29 is 68.3 Å². The molecule has 0 fully saturated rings. The van der Waals surface area contributed by atoms with Crippen LogP contribution in [0.15, 0.2) is 36.4 Å². The normalized spacial score (nSPS) is 12.6. The predicted octanol–water partition coefficient (Wildman–Crippen LogP) is 2.34. The van der Waals surface area contributed by atoms with Gasteiger partial charge in [-0.05, 0) is 57.2 Å². The van der Waals surface area contributed by atoms with Gasteiger partial charge >= 0.3 is 0 Å². The Morgan fingerprint density at radius 3 is 0.845 bits per heavy atom. The van der Waals surface area contributed by atoms with Crippen molar-refractivity contribution in [3.8, 4) is 0 Å². The predicted molar refractivity (Wildman–Crippen MR) is 185 cm³/mol. The van der Waals surface area contributed by atoms with Gasteiger partial charge in [0.25, 0.3) is 17.7 Å². The van der Waals surface area contributed by atoms with Gasteiger partial charge in [0.2, 0.25) is 17.7 Å². The van der Waals surface area contributed by atoms with E-state index in [0.717, 1.165) is 0 Å². The molecule has 0 saturated carbocycles. The monoisotopic (exact) mass is 833 g/mol. The minimum Gasteiger partial charge on any atom is -0.353 e. The van der Waals surface area contributed by atoms with Crippen molar-refractivity contribution in [3.05, 3.63) is 105 Å². The van der Waals surface area contributed by atoms with Gasteiger partial charge in [0, 0.05) is 56.0 Å². The zero-order valence-electron chi connectivity index (χ0n) is 30.7. The van der Waals surface area contributed by atoms with E-state index in [1.54, 1.807) is 4.90 Å². The SMILES string of the molecule is C[C@H](NC(=O)c1cc(F)c(F)c(F)c1)C(=O)NCCN(CCNC(=O)[C@H](C)NC(=O)c1cc(F)c(F)c(F)c1)CCNC(=O)[C@H](C)NC(=O)c1cc(F)c(F)c(F)c1. The molecule has 314 valence electrons. The van der Waals surface area contributed by atoms with E-state index in [0.29, 0.717) is 36.4 Å². The first-order chi connectivity index (χ1) is 27.2. The molecule has 0 heterocycles. The molecule has 6 N–H and O–H groups in total. The van der Waals surface area contributed by atoms with Crippen molar-refractivity contribution in [2.24, 2.45) is 0 Å². The van der Waals surface area contributed by atoms with Crippen LogP contribution in [0.3, 0.4) is 0 Å².